The Labute approximate surface area is 101 Å². The monoisotopic (exact) mass is 235 g/mol. The molecule has 1 heterocycles. The molecule has 92 valence electrons. The van der Waals surface area contributed by atoms with Crippen molar-refractivity contribution in [3.8, 4) is 0 Å². The Balaban J connectivity index is 1.94. The number of hydrogen-bond donors (Lipinski definition) is 2. The van der Waals surface area contributed by atoms with E-state index in [2.05, 4.69) is 15.8 Å². The number of benzene rings is 1. The first-order valence-electron chi connectivity index (χ1n) is 5.71. The van der Waals surface area contributed by atoms with Crippen LogP contribution in [0.25, 0.3) is 0 Å². The Morgan fingerprint density at radius 1 is 1.24 bits per heavy atom. The van der Waals surface area contributed by atoms with Crippen molar-refractivity contribution in [2.24, 2.45) is 0 Å². The predicted octanol–water partition coefficient (Wildman–Crippen LogP) is 0.986. The topological polar surface area (TPSA) is 53.6 Å². The third-order valence-electron chi connectivity index (χ3n) is 2.63. The quantitative estimate of drug-likeness (QED) is 0.767. The first kappa shape index (κ1) is 11.7. The lowest BCUT2D eigenvalue weighted by Crippen LogP contribution is -2.36. The first-order valence-corrected chi connectivity index (χ1v) is 5.71. The van der Waals surface area contributed by atoms with Crippen LogP contribution >= 0.6 is 0 Å². The van der Waals surface area contributed by atoms with Gasteiger partial charge in [-0.15, -0.1) is 0 Å². The number of carbonyl (C=O) groups is 1. The number of amides is 1. The summed E-state index contributed by atoms with van der Waals surface area (Å²) in [5.74, 6) is -0.109. The molecule has 2 rings (SSSR count). The van der Waals surface area contributed by atoms with Crippen molar-refractivity contribution in [2.75, 3.05) is 36.6 Å². The predicted molar refractivity (Wildman–Crippen MR) is 66.9 cm³/mol. The Morgan fingerprint density at radius 3 is 2.47 bits per heavy atom. The maximum absolute atomic E-state index is 10.7. The molecule has 17 heavy (non-hydrogen) atoms. The lowest BCUT2D eigenvalue weighted by Gasteiger charge is -2.28. The summed E-state index contributed by atoms with van der Waals surface area (Å²) in [7, 11) is 0. The molecular weight excluding hydrogens is 218 g/mol. The fourth-order valence-electron chi connectivity index (χ4n) is 1.74. The van der Waals surface area contributed by atoms with Crippen LogP contribution in [0.3, 0.4) is 0 Å². The Hall–Kier alpha value is -1.75. The van der Waals surface area contributed by atoms with E-state index in [-0.39, 0.29) is 5.91 Å². The van der Waals surface area contributed by atoms with Crippen molar-refractivity contribution in [1.82, 2.24) is 5.43 Å². The van der Waals surface area contributed by atoms with Crippen molar-refractivity contribution in [2.45, 2.75) is 6.92 Å². The van der Waals surface area contributed by atoms with Gasteiger partial charge in [0.25, 0.3) is 0 Å². The normalized spacial score (nSPS) is 15.5. The summed E-state index contributed by atoms with van der Waals surface area (Å²) in [5, 5.41) is 0. The van der Waals surface area contributed by atoms with Crippen LogP contribution in [0.1, 0.15) is 6.92 Å². The van der Waals surface area contributed by atoms with E-state index >= 15 is 0 Å². The van der Waals surface area contributed by atoms with Crippen LogP contribution in [-0.2, 0) is 9.53 Å². The molecule has 1 aliphatic heterocycles. The number of hydrogen-bond acceptors (Lipinski definition) is 4. The van der Waals surface area contributed by atoms with Gasteiger partial charge in [0.15, 0.2) is 0 Å². The fraction of sp³-hybridized carbons (Fsp3) is 0.417. The van der Waals surface area contributed by atoms with Gasteiger partial charge in [0.2, 0.25) is 5.91 Å². The second-order valence-electron chi connectivity index (χ2n) is 3.95. The molecule has 0 aromatic heterocycles. The summed E-state index contributed by atoms with van der Waals surface area (Å²) in [6, 6.07) is 7.96. The van der Waals surface area contributed by atoms with Gasteiger partial charge in [-0.3, -0.25) is 15.6 Å². The van der Waals surface area contributed by atoms with Crippen LogP contribution in [0, 0.1) is 0 Å². The number of nitrogens with zero attached hydrogens (tertiary/aromatic N) is 1. The smallest absolute Gasteiger partial charge is 0.235 e. The number of carbonyl (C=O) groups excluding carboxylic acids is 1. The van der Waals surface area contributed by atoms with Gasteiger partial charge in [0.1, 0.15) is 0 Å². The number of ether oxygens (including phenoxy) is 1. The molecule has 0 bridgehead atoms. The third-order valence-corrected chi connectivity index (χ3v) is 2.63. The zero-order valence-electron chi connectivity index (χ0n) is 9.90. The van der Waals surface area contributed by atoms with Gasteiger partial charge in [-0.25, -0.2) is 0 Å². The molecule has 1 aromatic rings. The summed E-state index contributed by atoms with van der Waals surface area (Å²) in [6.45, 7) is 4.89. The third kappa shape index (κ3) is 3.35. The second kappa shape index (κ2) is 5.54. The zero-order chi connectivity index (χ0) is 12.1. The molecule has 0 spiro atoms. The molecule has 1 aliphatic rings. The fourth-order valence-corrected chi connectivity index (χ4v) is 1.74. The van der Waals surface area contributed by atoms with E-state index in [0.29, 0.717) is 0 Å². The van der Waals surface area contributed by atoms with E-state index in [1.54, 1.807) is 0 Å². The number of morpholine rings is 1. The average Bonchev–Trinajstić information content (AvgIpc) is 2.38. The van der Waals surface area contributed by atoms with E-state index in [1.165, 1.54) is 12.6 Å². The zero-order valence-corrected chi connectivity index (χ0v) is 9.90. The van der Waals surface area contributed by atoms with Gasteiger partial charge in [0.05, 0.1) is 18.9 Å². The van der Waals surface area contributed by atoms with Crippen LogP contribution in [0.4, 0.5) is 11.4 Å². The molecule has 0 unspecified atom stereocenters. The van der Waals surface area contributed by atoms with E-state index in [9.17, 15) is 4.79 Å². The maximum Gasteiger partial charge on any atom is 0.235 e. The van der Waals surface area contributed by atoms with Crippen LogP contribution in [0.15, 0.2) is 24.3 Å². The van der Waals surface area contributed by atoms with Gasteiger partial charge in [-0.05, 0) is 24.3 Å². The van der Waals surface area contributed by atoms with Gasteiger partial charge >= 0.3 is 0 Å². The molecular formula is C12H17N3O2. The molecule has 5 heteroatoms. The van der Waals surface area contributed by atoms with Crippen molar-refractivity contribution in [3.63, 3.8) is 0 Å². The van der Waals surface area contributed by atoms with E-state index in [0.717, 1.165) is 32.0 Å². The lowest BCUT2D eigenvalue weighted by atomic mass is 10.2. The highest BCUT2D eigenvalue weighted by atomic mass is 16.5. The Kier molecular flexibility index (Phi) is 3.82. The average molecular weight is 235 g/mol. The molecule has 1 amide bonds. The molecule has 1 saturated heterocycles. The number of rotatable bonds is 3. The second-order valence-corrected chi connectivity index (χ2v) is 3.95. The van der Waals surface area contributed by atoms with Crippen LogP contribution in [0.5, 0.6) is 0 Å². The van der Waals surface area contributed by atoms with Crippen LogP contribution in [0.2, 0.25) is 0 Å². The van der Waals surface area contributed by atoms with Gasteiger partial charge < -0.3 is 9.64 Å². The summed E-state index contributed by atoms with van der Waals surface area (Å²) in [5.41, 5.74) is 7.42. The highest BCUT2D eigenvalue weighted by molar-refractivity contribution is 5.74. The molecule has 1 fully saturated rings. The summed E-state index contributed by atoms with van der Waals surface area (Å²) in [4.78, 5) is 13.0. The summed E-state index contributed by atoms with van der Waals surface area (Å²) >= 11 is 0. The SMILES string of the molecule is CC(=O)NNc1ccc(N2CCOCC2)cc1. The number of hydrazine groups is 1. The highest BCUT2D eigenvalue weighted by Gasteiger charge is 2.10. The molecule has 0 saturated carbocycles. The van der Waals surface area contributed by atoms with Crippen LogP contribution < -0.4 is 15.8 Å². The molecule has 2 N–H and O–H groups in total. The Morgan fingerprint density at radius 2 is 1.88 bits per heavy atom. The Bertz CT molecular complexity index is 372. The standard InChI is InChI=1S/C12H17N3O2/c1-10(16)13-14-11-2-4-12(5-3-11)15-6-8-17-9-7-15/h2-5,14H,6-9H2,1H3,(H,13,16). The van der Waals surface area contributed by atoms with E-state index in [4.69, 9.17) is 4.74 Å². The van der Waals surface area contributed by atoms with Crippen molar-refractivity contribution in [1.29, 1.82) is 0 Å². The molecule has 5 nitrogen and oxygen atoms in total. The first-order chi connectivity index (χ1) is 8.25. The van der Waals surface area contributed by atoms with Gasteiger partial charge in [-0.1, -0.05) is 0 Å². The lowest BCUT2D eigenvalue weighted by molar-refractivity contribution is -0.118. The van der Waals surface area contributed by atoms with E-state index < -0.39 is 0 Å². The largest absolute Gasteiger partial charge is 0.378 e. The minimum Gasteiger partial charge on any atom is -0.378 e. The number of nitrogens with one attached hydrogen (secondary N) is 2. The molecule has 1 aromatic carbocycles. The van der Waals surface area contributed by atoms with Gasteiger partial charge in [-0.2, -0.15) is 0 Å². The molecule has 0 aliphatic carbocycles. The summed E-state index contributed by atoms with van der Waals surface area (Å²) < 4.78 is 5.31. The van der Waals surface area contributed by atoms with Crippen LogP contribution in [-0.4, -0.2) is 32.2 Å². The minimum absolute atomic E-state index is 0.109. The minimum atomic E-state index is -0.109. The molecule has 0 radical (unpaired) electrons. The van der Waals surface area contributed by atoms with Crippen molar-refractivity contribution < 1.29 is 9.53 Å². The van der Waals surface area contributed by atoms with E-state index in [1.807, 2.05) is 24.3 Å². The highest BCUT2D eigenvalue weighted by Crippen LogP contribution is 2.18. The summed E-state index contributed by atoms with van der Waals surface area (Å²) in [6.07, 6.45) is 0. The molecule has 0 atom stereocenters. The number of anilines is 2. The van der Waals surface area contributed by atoms with Crippen molar-refractivity contribution >= 4 is 17.3 Å². The maximum atomic E-state index is 10.7. The van der Waals surface area contributed by atoms with Gasteiger partial charge in [0, 0.05) is 25.7 Å². The van der Waals surface area contributed by atoms with Crippen molar-refractivity contribution in [3.05, 3.63) is 24.3 Å².